The van der Waals surface area contributed by atoms with E-state index in [-0.39, 0.29) is 34.2 Å². The molecule has 2 aromatic heterocycles. The van der Waals surface area contributed by atoms with Crippen molar-refractivity contribution in [1.29, 1.82) is 0 Å². The van der Waals surface area contributed by atoms with Crippen LogP contribution in [0.1, 0.15) is 38.1 Å². The standard InChI is InChI=1S/C21H25BrN4O5S/c1-13(2)11-26(12-14(3)4)32(28,29)16-7-5-15(6-8-16)19(27)23-21-25-24-20(31-21)17-9-10-18(22)30-17/h5-10,13-14H,11-12H2,1-4H3,(H,23,25,27). The van der Waals surface area contributed by atoms with Crippen molar-refractivity contribution in [3.63, 3.8) is 0 Å². The minimum absolute atomic E-state index is 0.103. The summed E-state index contributed by atoms with van der Waals surface area (Å²) in [6.07, 6.45) is 0. The summed E-state index contributed by atoms with van der Waals surface area (Å²) in [5, 5.41) is 10.1. The summed E-state index contributed by atoms with van der Waals surface area (Å²) in [4.78, 5) is 12.7. The molecule has 3 rings (SSSR count). The van der Waals surface area contributed by atoms with Gasteiger partial charge in [-0.2, -0.15) is 4.31 Å². The predicted molar refractivity (Wildman–Crippen MR) is 123 cm³/mol. The number of hydrogen-bond donors (Lipinski definition) is 1. The first kappa shape index (κ1) is 24.1. The van der Waals surface area contributed by atoms with E-state index >= 15 is 0 Å². The van der Waals surface area contributed by atoms with E-state index in [4.69, 9.17) is 8.83 Å². The Morgan fingerprint density at radius 2 is 1.62 bits per heavy atom. The Balaban J connectivity index is 1.73. The van der Waals surface area contributed by atoms with Crippen LogP contribution in [-0.4, -0.2) is 41.9 Å². The van der Waals surface area contributed by atoms with Gasteiger partial charge in [-0.25, -0.2) is 8.42 Å². The number of halogens is 1. The highest BCUT2D eigenvalue weighted by Gasteiger charge is 2.26. The van der Waals surface area contributed by atoms with E-state index in [9.17, 15) is 13.2 Å². The van der Waals surface area contributed by atoms with E-state index in [1.807, 2.05) is 27.7 Å². The first-order valence-corrected chi connectivity index (χ1v) is 12.3. The molecule has 32 heavy (non-hydrogen) atoms. The second-order valence-corrected chi connectivity index (χ2v) is 10.8. The first-order chi connectivity index (χ1) is 15.1. The predicted octanol–water partition coefficient (Wildman–Crippen LogP) is 4.65. The number of anilines is 1. The van der Waals surface area contributed by atoms with Gasteiger partial charge in [0, 0.05) is 18.7 Å². The van der Waals surface area contributed by atoms with Gasteiger partial charge in [0.15, 0.2) is 10.4 Å². The number of aromatic nitrogens is 2. The largest absolute Gasteiger partial charge is 0.444 e. The third kappa shape index (κ3) is 5.84. The zero-order chi connectivity index (χ0) is 23.5. The number of nitrogens with one attached hydrogen (secondary N) is 1. The smallest absolute Gasteiger partial charge is 0.322 e. The van der Waals surface area contributed by atoms with Gasteiger partial charge in [-0.15, -0.1) is 5.10 Å². The molecule has 11 heteroatoms. The SMILES string of the molecule is CC(C)CN(CC(C)C)S(=O)(=O)c1ccc(C(=O)Nc2nnc(-c3ccc(Br)o3)o2)cc1. The zero-order valence-electron chi connectivity index (χ0n) is 18.2. The fraction of sp³-hybridized carbons (Fsp3) is 0.381. The Kier molecular flexibility index (Phi) is 7.52. The molecule has 0 bridgehead atoms. The molecule has 0 saturated heterocycles. The van der Waals surface area contributed by atoms with Crippen molar-refractivity contribution < 1.29 is 22.0 Å². The molecule has 0 spiro atoms. The molecule has 0 aliphatic carbocycles. The van der Waals surface area contributed by atoms with Crippen LogP contribution in [0, 0.1) is 11.8 Å². The maximum atomic E-state index is 13.1. The number of sulfonamides is 1. The first-order valence-electron chi connectivity index (χ1n) is 10.1. The molecule has 0 radical (unpaired) electrons. The molecule has 1 amide bonds. The fourth-order valence-corrected chi connectivity index (χ4v) is 5.06. The fourth-order valence-electron chi connectivity index (χ4n) is 2.98. The van der Waals surface area contributed by atoms with E-state index in [0.29, 0.717) is 23.5 Å². The molecule has 0 unspecified atom stereocenters. The van der Waals surface area contributed by atoms with Crippen LogP contribution in [-0.2, 0) is 10.0 Å². The van der Waals surface area contributed by atoms with Crippen LogP contribution in [0.2, 0.25) is 0 Å². The lowest BCUT2D eigenvalue weighted by molar-refractivity contribution is 0.102. The molecule has 1 aromatic carbocycles. The van der Waals surface area contributed by atoms with Crippen molar-refractivity contribution in [1.82, 2.24) is 14.5 Å². The van der Waals surface area contributed by atoms with E-state index in [1.54, 1.807) is 12.1 Å². The summed E-state index contributed by atoms with van der Waals surface area (Å²) in [5.41, 5.74) is 0.253. The molecule has 172 valence electrons. The van der Waals surface area contributed by atoms with Crippen LogP contribution in [0.3, 0.4) is 0 Å². The molecule has 0 aliphatic heterocycles. The number of furan rings is 1. The van der Waals surface area contributed by atoms with E-state index in [1.165, 1.54) is 28.6 Å². The summed E-state index contributed by atoms with van der Waals surface area (Å²) in [6.45, 7) is 8.75. The summed E-state index contributed by atoms with van der Waals surface area (Å²) < 4.78 is 38.9. The van der Waals surface area contributed by atoms with E-state index in [0.717, 1.165) is 0 Å². The number of benzene rings is 1. The van der Waals surface area contributed by atoms with Crippen molar-refractivity contribution in [3.8, 4) is 11.7 Å². The average Bonchev–Trinajstić information content (AvgIpc) is 3.35. The number of carbonyl (C=O) groups is 1. The van der Waals surface area contributed by atoms with Crippen molar-refractivity contribution in [2.24, 2.45) is 11.8 Å². The minimum atomic E-state index is -3.67. The maximum absolute atomic E-state index is 13.1. The molecule has 0 saturated carbocycles. The molecule has 0 aliphatic rings. The van der Waals surface area contributed by atoms with Gasteiger partial charge >= 0.3 is 6.01 Å². The van der Waals surface area contributed by atoms with Gasteiger partial charge in [0.1, 0.15) is 0 Å². The quantitative estimate of drug-likeness (QED) is 0.432. The van der Waals surface area contributed by atoms with Crippen LogP contribution in [0.5, 0.6) is 0 Å². The van der Waals surface area contributed by atoms with Crippen molar-refractivity contribution in [3.05, 3.63) is 46.6 Å². The van der Waals surface area contributed by atoms with Gasteiger partial charge in [0.05, 0.1) is 4.90 Å². The van der Waals surface area contributed by atoms with E-state index < -0.39 is 15.9 Å². The number of hydrogen-bond acceptors (Lipinski definition) is 7. The van der Waals surface area contributed by atoms with Crippen molar-refractivity contribution in [2.75, 3.05) is 18.4 Å². The van der Waals surface area contributed by atoms with Crippen molar-refractivity contribution in [2.45, 2.75) is 32.6 Å². The Morgan fingerprint density at radius 1 is 1.00 bits per heavy atom. The van der Waals surface area contributed by atoms with Gasteiger partial charge in [-0.1, -0.05) is 32.8 Å². The zero-order valence-corrected chi connectivity index (χ0v) is 20.6. The molecule has 0 atom stereocenters. The molecule has 0 fully saturated rings. The van der Waals surface area contributed by atoms with Gasteiger partial charge < -0.3 is 8.83 Å². The summed E-state index contributed by atoms with van der Waals surface area (Å²) >= 11 is 3.19. The number of amides is 1. The molecule has 9 nitrogen and oxygen atoms in total. The summed E-state index contributed by atoms with van der Waals surface area (Å²) in [5.74, 6) is 0.339. The highest BCUT2D eigenvalue weighted by molar-refractivity contribution is 9.10. The lowest BCUT2D eigenvalue weighted by atomic mass is 10.2. The monoisotopic (exact) mass is 524 g/mol. The Morgan fingerprint density at radius 3 is 2.16 bits per heavy atom. The van der Waals surface area contributed by atoms with Gasteiger partial charge in [0.25, 0.3) is 11.8 Å². The minimum Gasteiger partial charge on any atom is -0.444 e. The lowest BCUT2D eigenvalue weighted by Gasteiger charge is -2.25. The Hall–Kier alpha value is -2.50. The molecule has 3 aromatic rings. The van der Waals surface area contributed by atoms with E-state index in [2.05, 4.69) is 31.4 Å². The van der Waals surface area contributed by atoms with Crippen LogP contribution in [0.4, 0.5) is 6.01 Å². The lowest BCUT2D eigenvalue weighted by Crippen LogP contribution is -2.37. The topological polar surface area (TPSA) is 119 Å². The normalized spacial score (nSPS) is 12.1. The van der Waals surface area contributed by atoms with Crippen LogP contribution in [0.25, 0.3) is 11.7 Å². The van der Waals surface area contributed by atoms with Gasteiger partial charge in [0.2, 0.25) is 10.0 Å². The Labute approximate surface area is 195 Å². The van der Waals surface area contributed by atoms with Crippen LogP contribution >= 0.6 is 15.9 Å². The summed E-state index contributed by atoms with van der Waals surface area (Å²) in [7, 11) is -3.67. The highest BCUT2D eigenvalue weighted by Crippen LogP contribution is 2.25. The highest BCUT2D eigenvalue weighted by atomic mass is 79.9. The third-order valence-electron chi connectivity index (χ3n) is 4.32. The number of carbonyl (C=O) groups excluding carboxylic acids is 1. The Bertz CT molecular complexity index is 1160. The third-order valence-corrected chi connectivity index (χ3v) is 6.59. The number of rotatable bonds is 9. The number of nitrogens with zero attached hydrogens (tertiary/aromatic N) is 3. The van der Waals surface area contributed by atoms with Crippen LogP contribution < -0.4 is 5.32 Å². The van der Waals surface area contributed by atoms with Crippen LogP contribution in [0.15, 0.2) is 54.8 Å². The summed E-state index contributed by atoms with van der Waals surface area (Å²) in [6, 6.07) is 8.98. The molecule has 2 heterocycles. The second-order valence-electron chi connectivity index (χ2n) is 8.10. The maximum Gasteiger partial charge on any atom is 0.322 e. The second kappa shape index (κ2) is 9.97. The average molecular weight is 525 g/mol. The van der Waals surface area contributed by atoms with Crippen molar-refractivity contribution >= 4 is 37.9 Å². The molecular formula is C21H25BrN4O5S. The molecular weight excluding hydrogens is 500 g/mol. The van der Waals surface area contributed by atoms with Gasteiger partial charge in [-0.05, 0) is 64.2 Å². The van der Waals surface area contributed by atoms with Gasteiger partial charge in [-0.3, -0.25) is 10.1 Å². The molecule has 1 N–H and O–H groups in total.